The van der Waals surface area contributed by atoms with E-state index in [1.54, 1.807) is 0 Å². The van der Waals surface area contributed by atoms with Gasteiger partial charge >= 0.3 is 5.97 Å². The number of rotatable bonds is 13. The van der Waals surface area contributed by atoms with E-state index < -0.39 is 73.2 Å². The molecule has 158 valence electrons. The van der Waals surface area contributed by atoms with Gasteiger partial charge in [-0.05, 0) is 6.42 Å². The topological polar surface area (TPSA) is 257 Å². The van der Waals surface area contributed by atoms with Crippen molar-refractivity contribution >= 4 is 35.5 Å². The molecule has 0 aromatic heterocycles. The molecule has 0 aliphatic heterocycles. The number of aliphatic hydroxyl groups is 1. The summed E-state index contributed by atoms with van der Waals surface area (Å²) in [7, 11) is 0. The first-order valence-corrected chi connectivity index (χ1v) is 8.01. The SMILES string of the molecule is NC(=O)CCC(NC(=O)C(N)CC(N)=O)C(=O)NC(CO)C(=O)NCC(=O)O. The van der Waals surface area contributed by atoms with E-state index in [-0.39, 0.29) is 12.8 Å². The van der Waals surface area contributed by atoms with Gasteiger partial charge in [0.25, 0.3) is 0 Å². The van der Waals surface area contributed by atoms with E-state index in [4.69, 9.17) is 22.3 Å². The van der Waals surface area contributed by atoms with Crippen molar-refractivity contribution in [2.24, 2.45) is 17.2 Å². The molecule has 0 fully saturated rings. The molecule has 0 saturated carbocycles. The maximum atomic E-state index is 12.3. The minimum absolute atomic E-state index is 0.259. The fraction of sp³-hybridized carbons (Fsp3) is 0.571. The van der Waals surface area contributed by atoms with E-state index in [1.165, 1.54) is 0 Å². The molecule has 0 heterocycles. The average molecular weight is 404 g/mol. The Morgan fingerprint density at radius 1 is 0.857 bits per heavy atom. The lowest BCUT2D eigenvalue weighted by Gasteiger charge is -2.22. The van der Waals surface area contributed by atoms with Gasteiger partial charge < -0.3 is 43.4 Å². The van der Waals surface area contributed by atoms with Crippen molar-refractivity contribution in [1.82, 2.24) is 16.0 Å². The first-order valence-electron chi connectivity index (χ1n) is 8.01. The van der Waals surface area contributed by atoms with E-state index >= 15 is 0 Å². The molecule has 0 aliphatic rings. The van der Waals surface area contributed by atoms with Crippen LogP contribution in [0.2, 0.25) is 0 Å². The number of hydrogen-bond acceptors (Lipinski definition) is 8. The number of nitrogens with two attached hydrogens (primary N) is 3. The zero-order valence-electron chi connectivity index (χ0n) is 14.8. The Balaban J connectivity index is 5.09. The van der Waals surface area contributed by atoms with Gasteiger partial charge in [-0.1, -0.05) is 0 Å². The average Bonchev–Trinajstić information content (AvgIpc) is 2.59. The second-order valence-corrected chi connectivity index (χ2v) is 5.70. The van der Waals surface area contributed by atoms with Crippen LogP contribution in [0, 0.1) is 0 Å². The highest BCUT2D eigenvalue weighted by Crippen LogP contribution is 2.01. The van der Waals surface area contributed by atoms with Crippen LogP contribution in [0.4, 0.5) is 0 Å². The molecule has 0 aromatic rings. The highest BCUT2D eigenvalue weighted by molar-refractivity contribution is 5.95. The van der Waals surface area contributed by atoms with Crippen LogP contribution in [0.1, 0.15) is 19.3 Å². The molecule has 0 radical (unpaired) electrons. The highest BCUT2D eigenvalue weighted by Gasteiger charge is 2.28. The van der Waals surface area contributed by atoms with Crippen LogP contribution in [0.15, 0.2) is 0 Å². The maximum absolute atomic E-state index is 12.3. The molecule has 14 nitrogen and oxygen atoms in total. The standard InChI is InChI=1S/C14H24N6O8/c15-6(3-10(17)23)12(26)19-7(1-2-9(16)22)14(28)20-8(5-21)13(27)18-4-11(24)25/h6-8,21H,1-5,15H2,(H2,16,22)(H2,17,23)(H,18,27)(H,19,26)(H,20,28)(H,24,25). The largest absolute Gasteiger partial charge is 0.480 e. The number of primary amides is 2. The Hall–Kier alpha value is -3.26. The monoisotopic (exact) mass is 404 g/mol. The van der Waals surface area contributed by atoms with Gasteiger partial charge in [-0.2, -0.15) is 0 Å². The summed E-state index contributed by atoms with van der Waals surface area (Å²) < 4.78 is 0. The van der Waals surface area contributed by atoms with Gasteiger partial charge in [-0.3, -0.25) is 28.8 Å². The second-order valence-electron chi connectivity index (χ2n) is 5.70. The highest BCUT2D eigenvalue weighted by atomic mass is 16.4. The summed E-state index contributed by atoms with van der Waals surface area (Å²) in [4.78, 5) is 68.3. The Morgan fingerprint density at radius 2 is 1.43 bits per heavy atom. The molecular formula is C14H24N6O8. The molecule has 3 atom stereocenters. The Bertz CT molecular complexity index is 625. The van der Waals surface area contributed by atoms with Crippen LogP contribution in [-0.4, -0.2) is 77.0 Å². The minimum Gasteiger partial charge on any atom is -0.480 e. The lowest BCUT2D eigenvalue weighted by atomic mass is 10.1. The van der Waals surface area contributed by atoms with Crippen LogP contribution >= 0.6 is 0 Å². The zero-order valence-corrected chi connectivity index (χ0v) is 14.8. The van der Waals surface area contributed by atoms with Gasteiger partial charge in [0, 0.05) is 6.42 Å². The minimum atomic E-state index is -1.51. The van der Waals surface area contributed by atoms with Crippen molar-refractivity contribution in [3.05, 3.63) is 0 Å². The van der Waals surface area contributed by atoms with E-state index in [0.29, 0.717) is 0 Å². The molecule has 0 rings (SSSR count). The van der Waals surface area contributed by atoms with E-state index in [1.807, 2.05) is 5.32 Å². The van der Waals surface area contributed by atoms with Crippen molar-refractivity contribution < 1.29 is 39.0 Å². The summed E-state index contributed by atoms with van der Waals surface area (Å²) in [6.07, 6.45) is -1.06. The van der Waals surface area contributed by atoms with Crippen LogP contribution in [0.5, 0.6) is 0 Å². The third-order valence-corrected chi connectivity index (χ3v) is 3.30. The molecular weight excluding hydrogens is 380 g/mol. The Labute approximate surface area is 159 Å². The summed E-state index contributed by atoms with van der Waals surface area (Å²) in [5, 5.41) is 24.0. The first-order chi connectivity index (χ1) is 13.0. The molecule has 0 spiro atoms. The molecule has 5 amide bonds. The second kappa shape index (κ2) is 12.2. The molecule has 14 heteroatoms. The van der Waals surface area contributed by atoms with Crippen molar-refractivity contribution in [3.8, 4) is 0 Å². The van der Waals surface area contributed by atoms with Crippen LogP contribution in [0.3, 0.4) is 0 Å². The fourth-order valence-electron chi connectivity index (χ4n) is 1.90. The summed E-state index contributed by atoms with van der Waals surface area (Å²) >= 11 is 0. The van der Waals surface area contributed by atoms with E-state index in [0.717, 1.165) is 0 Å². The predicted octanol–water partition coefficient (Wildman–Crippen LogP) is -5.38. The maximum Gasteiger partial charge on any atom is 0.322 e. The van der Waals surface area contributed by atoms with Gasteiger partial charge in [0.15, 0.2) is 0 Å². The number of aliphatic hydroxyl groups excluding tert-OH is 1. The van der Waals surface area contributed by atoms with Gasteiger partial charge in [-0.25, -0.2) is 0 Å². The third-order valence-electron chi connectivity index (χ3n) is 3.30. The molecule has 0 saturated heterocycles. The number of aliphatic carboxylic acids is 1. The number of hydrogen-bond donors (Lipinski definition) is 8. The van der Waals surface area contributed by atoms with Crippen molar-refractivity contribution in [3.63, 3.8) is 0 Å². The molecule has 0 bridgehead atoms. The van der Waals surface area contributed by atoms with Crippen LogP contribution in [0.25, 0.3) is 0 Å². The lowest BCUT2D eigenvalue weighted by Crippen LogP contribution is -2.57. The Morgan fingerprint density at radius 3 is 1.89 bits per heavy atom. The Kier molecular flexibility index (Phi) is 10.8. The molecule has 3 unspecified atom stereocenters. The summed E-state index contributed by atoms with van der Waals surface area (Å²) in [6.45, 7) is -1.61. The fourth-order valence-corrected chi connectivity index (χ4v) is 1.90. The number of carboxylic acid groups (broad SMARTS) is 1. The van der Waals surface area contributed by atoms with E-state index in [2.05, 4.69) is 10.6 Å². The zero-order chi connectivity index (χ0) is 21.9. The smallest absolute Gasteiger partial charge is 0.322 e. The number of amides is 5. The molecule has 11 N–H and O–H groups in total. The lowest BCUT2D eigenvalue weighted by molar-refractivity contribution is -0.139. The molecule has 0 aromatic carbocycles. The van der Waals surface area contributed by atoms with Gasteiger partial charge in [0.05, 0.1) is 19.1 Å². The summed E-state index contributed by atoms with van der Waals surface area (Å²) in [5.41, 5.74) is 15.4. The number of carboxylic acids is 1. The first kappa shape index (κ1) is 24.7. The summed E-state index contributed by atoms with van der Waals surface area (Å²) in [6, 6.07) is -4.24. The van der Waals surface area contributed by atoms with Gasteiger partial charge in [0.1, 0.15) is 18.6 Å². The van der Waals surface area contributed by atoms with Crippen LogP contribution < -0.4 is 33.2 Å². The van der Waals surface area contributed by atoms with Crippen molar-refractivity contribution in [1.29, 1.82) is 0 Å². The molecule has 28 heavy (non-hydrogen) atoms. The number of carbonyl (C=O) groups is 6. The van der Waals surface area contributed by atoms with Gasteiger partial charge in [0.2, 0.25) is 29.5 Å². The normalized spacial score (nSPS) is 13.5. The quantitative estimate of drug-likeness (QED) is 0.145. The summed E-state index contributed by atoms with van der Waals surface area (Å²) in [5.74, 6) is -5.83. The molecule has 0 aliphatic carbocycles. The van der Waals surface area contributed by atoms with Crippen LogP contribution in [-0.2, 0) is 28.8 Å². The number of carbonyl (C=O) groups excluding carboxylic acids is 5. The number of nitrogens with one attached hydrogen (secondary N) is 3. The van der Waals surface area contributed by atoms with E-state index in [9.17, 15) is 33.9 Å². The third kappa shape index (κ3) is 10.0. The van der Waals surface area contributed by atoms with Gasteiger partial charge in [-0.15, -0.1) is 0 Å². The van der Waals surface area contributed by atoms with Crippen molar-refractivity contribution in [2.75, 3.05) is 13.2 Å². The predicted molar refractivity (Wildman–Crippen MR) is 91.8 cm³/mol. The van der Waals surface area contributed by atoms with Crippen molar-refractivity contribution in [2.45, 2.75) is 37.4 Å².